The molecule has 2 heterocycles. The van der Waals surface area contributed by atoms with Crippen molar-refractivity contribution in [2.75, 3.05) is 37.6 Å². The summed E-state index contributed by atoms with van der Waals surface area (Å²) in [5.41, 5.74) is 1.03. The number of carbonyl (C=O) groups is 2. The molecule has 2 aliphatic carbocycles. The number of amides is 2. The number of thiazole rings is 2. The minimum absolute atomic E-state index is 0.0444. The van der Waals surface area contributed by atoms with Gasteiger partial charge in [0.25, 0.3) is 11.8 Å². The predicted molar refractivity (Wildman–Crippen MR) is 202 cm³/mol. The Bertz CT molecular complexity index is 2100. The monoisotopic (exact) mass is 802 g/mol. The zero-order chi connectivity index (χ0) is 37.8. The summed E-state index contributed by atoms with van der Waals surface area (Å²) in [7, 11) is -4.97. The summed E-state index contributed by atoms with van der Waals surface area (Å²) in [5.74, 6) is -0.958. The number of rotatable bonds is 17. The molecule has 2 aliphatic rings. The number of oxime groups is 2. The van der Waals surface area contributed by atoms with Crippen molar-refractivity contribution in [3.63, 3.8) is 0 Å². The molecule has 0 radical (unpaired) electrons. The minimum Gasteiger partial charge on any atom is -0.395 e. The van der Waals surface area contributed by atoms with Gasteiger partial charge in [0.1, 0.15) is 13.2 Å². The molecule has 4 aromatic rings. The van der Waals surface area contributed by atoms with Crippen LogP contribution >= 0.6 is 22.7 Å². The van der Waals surface area contributed by atoms with Crippen LogP contribution in [0.25, 0.3) is 0 Å². The number of benzene rings is 2. The van der Waals surface area contributed by atoms with Crippen LogP contribution in [0.15, 0.2) is 91.8 Å². The summed E-state index contributed by atoms with van der Waals surface area (Å²) in [6.07, 6.45) is 6.59. The lowest BCUT2D eigenvalue weighted by Gasteiger charge is -2.08. The van der Waals surface area contributed by atoms with Crippen LogP contribution in [0.3, 0.4) is 0 Å². The molecule has 6 rings (SSSR count). The molecule has 0 atom stereocenters. The van der Waals surface area contributed by atoms with Crippen LogP contribution < -0.4 is 10.6 Å². The van der Waals surface area contributed by atoms with Crippen molar-refractivity contribution in [3.05, 3.63) is 82.8 Å². The van der Waals surface area contributed by atoms with E-state index < -0.39 is 31.5 Å². The largest absolute Gasteiger partial charge is 0.395 e. The van der Waals surface area contributed by atoms with Gasteiger partial charge in [-0.3, -0.25) is 20.2 Å². The number of nitrogens with zero attached hydrogens (tertiary/aromatic N) is 4. The molecule has 0 bridgehead atoms. The highest BCUT2D eigenvalue weighted by atomic mass is 32.2. The van der Waals surface area contributed by atoms with Crippen LogP contribution in [0.1, 0.15) is 50.2 Å². The lowest BCUT2D eigenvalue weighted by atomic mass is 10.1. The quantitative estimate of drug-likeness (QED) is 0.0832. The Balaban J connectivity index is 0.000000206. The molecular formula is C34H38N6O9S4. The van der Waals surface area contributed by atoms with Gasteiger partial charge in [0.2, 0.25) is 0 Å². The Morgan fingerprint density at radius 3 is 1.51 bits per heavy atom. The Morgan fingerprint density at radius 2 is 1.15 bits per heavy atom. The van der Waals surface area contributed by atoms with Gasteiger partial charge in [0.05, 0.1) is 20.3 Å². The molecule has 0 aliphatic heterocycles. The number of nitrogens with one attached hydrogen (secondary N) is 2. The summed E-state index contributed by atoms with van der Waals surface area (Å²) in [6.45, 7) is 2.87. The number of sulfone groups is 2. The van der Waals surface area contributed by atoms with Crippen molar-refractivity contribution < 1.29 is 40.8 Å². The standard InChI is InChI=1S/C18H21N3O5S2.C16H17N3O4S2/c1-25-10-2-11-26-21-16(17(22)20-18-19-9-12-27-18)13-3-5-14(6-4-13)28(23,24)15-7-8-15;1-2-23-19-14(15(20)18-16-17-9-10-24-16)11-3-5-12(6-4-11)25(21,22)13-7-8-13/h3-6,9,12,15H,2,7-8,10-11H2,1H3,(H,19,20,22);3-6,9-10,13H,2,7-8H2,1H3,(H,17,18,20)/b21-16+;19-14+. The highest BCUT2D eigenvalue weighted by molar-refractivity contribution is 7.92. The van der Waals surface area contributed by atoms with Gasteiger partial charge >= 0.3 is 0 Å². The summed E-state index contributed by atoms with van der Waals surface area (Å²) in [5, 5.41) is 16.9. The van der Waals surface area contributed by atoms with Gasteiger partial charge in [0, 0.05) is 54.4 Å². The van der Waals surface area contributed by atoms with Crippen LogP contribution in [-0.2, 0) is 43.7 Å². The molecule has 2 N–H and O–H groups in total. The van der Waals surface area contributed by atoms with Crippen molar-refractivity contribution in [2.45, 2.75) is 59.3 Å². The fourth-order valence-electron chi connectivity index (χ4n) is 4.59. The molecule has 53 heavy (non-hydrogen) atoms. The molecule has 0 saturated heterocycles. The zero-order valence-electron chi connectivity index (χ0n) is 28.8. The van der Waals surface area contributed by atoms with Crippen LogP contribution in [0.4, 0.5) is 10.3 Å². The van der Waals surface area contributed by atoms with E-state index in [9.17, 15) is 26.4 Å². The van der Waals surface area contributed by atoms with Gasteiger partial charge in [-0.15, -0.1) is 22.7 Å². The number of hydrogen-bond donors (Lipinski definition) is 2. The first kappa shape index (κ1) is 39.6. The van der Waals surface area contributed by atoms with E-state index in [4.69, 9.17) is 14.4 Å². The van der Waals surface area contributed by atoms with Gasteiger partial charge in [-0.25, -0.2) is 26.8 Å². The third-order valence-electron chi connectivity index (χ3n) is 7.60. The van der Waals surface area contributed by atoms with E-state index in [0.717, 1.165) is 0 Å². The number of methoxy groups -OCH3 is 1. The number of anilines is 2. The molecule has 19 heteroatoms. The van der Waals surface area contributed by atoms with Gasteiger partial charge in [-0.1, -0.05) is 34.6 Å². The third-order valence-corrected chi connectivity index (χ3v) is 13.5. The first-order chi connectivity index (χ1) is 25.5. The normalized spacial score (nSPS) is 14.8. The smallest absolute Gasteiger partial charge is 0.280 e. The summed E-state index contributed by atoms with van der Waals surface area (Å²) >= 11 is 2.57. The van der Waals surface area contributed by atoms with Crippen molar-refractivity contribution in [2.24, 2.45) is 10.3 Å². The molecule has 2 aromatic carbocycles. The van der Waals surface area contributed by atoms with E-state index in [-0.39, 0.29) is 38.3 Å². The summed E-state index contributed by atoms with van der Waals surface area (Å²) in [6, 6.07) is 12.3. The Kier molecular flexibility index (Phi) is 13.8. The van der Waals surface area contributed by atoms with Gasteiger partial charge in [0.15, 0.2) is 41.4 Å². The van der Waals surface area contributed by atoms with Crippen LogP contribution in [0, 0.1) is 0 Å². The first-order valence-electron chi connectivity index (χ1n) is 16.5. The van der Waals surface area contributed by atoms with Crippen molar-refractivity contribution in [1.29, 1.82) is 0 Å². The second-order valence-corrected chi connectivity index (χ2v) is 17.8. The predicted octanol–water partition coefficient (Wildman–Crippen LogP) is 4.93. The van der Waals surface area contributed by atoms with E-state index >= 15 is 0 Å². The number of carbonyl (C=O) groups excluding carboxylic acids is 2. The summed E-state index contributed by atoms with van der Waals surface area (Å²) < 4.78 is 54.1. The molecule has 2 saturated carbocycles. The first-order valence-corrected chi connectivity index (χ1v) is 21.4. The maximum absolute atomic E-state index is 12.6. The molecular weight excluding hydrogens is 765 g/mol. The van der Waals surface area contributed by atoms with Crippen LogP contribution in [0.5, 0.6) is 0 Å². The van der Waals surface area contributed by atoms with Gasteiger partial charge in [-0.2, -0.15) is 0 Å². The third kappa shape index (κ3) is 11.0. The average molecular weight is 803 g/mol. The highest BCUT2D eigenvalue weighted by Gasteiger charge is 2.37. The topological polar surface area (TPSA) is 205 Å². The lowest BCUT2D eigenvalue weighted by molar-refractivity contribution is -0.111. The fraction of sp³-hybridized carbons (Fsp3) is 0.353. The molecule has 2 amide bonds. The van der Waals surface area contributed by atoms with Crippen molar-refractivity contribution in [3.8, 4) is 0 Å². The molecule has 0 unspecified atom stereocenters. The fourth-order valence-corrected chi connectivity index (χ4v) is 8.95. The Morgan fingerprint density at radius 1 is 0.717 bits per heavy atom. The minimum atomic E-state index is -3.29. The number of ether oxygens (including phenoxy) is 1. The van der Waals surface area contributed by atoms with Crippen LogP contribution in [-0.4, -0.2) is 87.5 Å². The zero-order valence-corrected chi connectivity index (χ0v) is 32.1. The maximum atomic E-state index is 12.6. The van der Waals surface area contributed by atoms with Gasteiger partial charge < -0.3 is 14.4 Å². The molecule has 0 spiro atoms. The SMILES string of the molecule is CCO/N=C(/C(=O)Nc1nccs1)c1ccc(S(=O)(=O)C2CC2)cc1.COCCCO/N=C(/C(=O)Nc1nccs1)c1ccc(S(=O)(=O)C2CC2)cc1. The van der Waals surface area contributed by atoms with E-state index in [1.807, 2.05) is 0 Å². The molecule has 2 fully saturated rings. The Labute approximate surface area is 315 Å². The van der Waals surface area contributed by atoms with E-state index in [0.29, 0.717) is 66.7 Å². The van der Waals surface area contributed by atoms with E-state index in [1.165, 1.54) is 46.9 Å². The van der Waals surface area contributed by atoms with Crippen molar-refractivity contribution >= 4 is 75.8 Å². The number of aromatic nitrogens is 2. The molecule has 15 nitrogen and oxygen atoms in total. The van der Waals surface area contributed by atoms with Gasteiger partial charge in [-0.05, 0) is 56.9 Å². The number of hydrogen-bond acceptors (Lipinski definition) is 15. The van der Waals surface area contributed by atoms with Crippen molar-refractivity contribution in [1.82, 2.24) is 9.97 Å². The second-order valence-electron chi connectivity index (χ2n) is 11.6. The van der Waals surface area contributed by atoms with E-state index in [1.54, 1.807) is 61.5 Å². The second kappa shape index (κ2) is 18.5. The van der Waals surface area contributed by atoms with Crippen LogP contribution in [0.2, 0.25) is 0 Å². The Hall–Kier alpha value is -4.56. The summed E-state index contributed by atoms with van der Waals surface area (Å²) in [4.78, 5) is 43.9. The molecule has 282 valence electrons. The lowest BCUT2D eigenvalue weighted by Crippen LogP contribution is -2.24. The average Bonchev–Trinajstić information content (AvgIpc) is 4.09. The highest BCUT2D eigenvalue weighted by Crippen LogP contribution is 2.34. The van der Waals surface area contributed by atoms with E-state index in [2.05, 4.69) is 30.9 Å². The molecule has 2 aromatic heterocycles. The maximum Gasteiger partial charge on any atom is 0.280 e.